The lowest BCUT2D eigenvalue weighted by atomic mass is 9.94. The Hall–Kier alpha value is -3.18. The summed E-state index contributed by atoms with van der Waals surface area (Å²) in [6, 6.07) is 18.9. The highest BCUT2D eigenvalue weighted by Gasteiger charge is 2.18. The van der Waals surface area contributed by atoms with E-state index in [-0.39, 0.29) is 0 Å². The Labute approximate surface area is 170 Å². The molecule has 5 rings (SSSR count). The second-order valence-corrected chi connectivity index (χ2v) is 7.64. The van der Waals surface area contributed by atoms with E-state index in [2.05, 4.69) is 68.1 Å². The Morgan fingerprint density at radius 2 is 1.83 bits per heavy atom. The molecule has 3 N–H and O–H groups in total. The van der Waals surface area contributed by atoms with Crippen LogP contribution in [0.4, 0.5) is 5.82 Å². The zero-order valence-electron chi connectivity index (χ0n) is 16.4. The first kappa shape index (κ1) is 17.9. The summed E-state index contributed by atoms with van der Waals surface area (Å²) in [6.45, 7) is 2.94. The molecule has 29 heavy (non-hydrogen) atoms. The molecule has 5 heteroatoms. The average Bonchev–Trinajstić information content (AvgIpc) is 3.24. The molecule has 0 spiro atoms. The summed E-state index contributed by atoms with van der Waals surface area (Å²) in [5.74, 6) is 1.47. The fourth-order valence-electron chi connectivity index (χ4n) is 4.10. The van der Waals surface area contributed by atoms with E-state index in [4.69, 9.17) is 0 Å². The Morgan fingerprint density at radius 1 is 0.966 bits per heavy atom. The van der Waals surface area contributed by atoms with Crippen LogP contribution in [0.1, 0.15) is 30.0 Å². The quantitative estimate of drug-likeness (QED) is 0.467. The summed E-state index contributed by atoms with van der Waals surface area (Å²) < 4.78 is 0. The second kappa shape index (κ2) is 8.05. The van der Waals surface area contributed by atoms with Gasteiger partial charge in [0.1, 0.15) is 11.5 Å². The van der Waals surface area contributed by atoms with Gasteiger partial charge in [0, 0.05) is 41.5 Å². The standard InChI is InChI=1S/C24H25N5/c1-2-4-17(5-3-1)15-27-23-7-6-19(16-28-23)20-10-13-26-24-21(20)14-22(29-24)18-8-11-25-12-9-18/h1-7,10,13-14,16,18,25H,8-9,11-12,15H2,(H,26,29)(H,27,28). The van der Waals surface area contributed by atoms with Gasteiger partial charge in [-0.2, -0.15) is 0 Å². The maximum Gasteiger partial charge on any atom is 0.138 e. The predicted octanol–water partition coefficient (Wildman–Crippen LogP) is 4.70. The summed E-state index contributed by atoms with van der Waals surface area (Å²) >= 11 is 0. The van der Waals surface area contributed by atoms with Crippen molar-refractivity contribution >= 4 is 16.9 Å². The molecular formula is C24H25N5. The van der Waals surface area contributed by atoms with E-state index >= 15 is 0 Å². The van der Waals surface area contributed by atoms with Gasteiger partial charge in [0.2, 0.25) is 0 Å². The number of fused-ring (bicyclic) bond motifs is 1. The minimum atomic E-state index is 0.584. The van der Waals surface area contributed by atoms with E-state index in [0.29, 0.717) is 5.92 Å². The van der Waals surface area contributed by atoms with Crippen LogP contribution >= 0.6 is 0 Å². The number of pyridine rings is 2. The van der Waals surface area contributed by atoms with Crippen molar-refractivity contribution < 1.29 is 0 Å². The zero-order chi connectivity index (χ0) is 19.5. The number of H-pyrrole nitrogens is 1. The van der Waals surface area contributed by atoms with Crippen LogP contribution in [0.5, 0.6) is 0 Å². The fraction of sp³-hybridized carbons (Fsp3) is 0.250. The van der Waals surface area contributed by atoms with Crippen LogP contribution in [0.3, 0.4) is 0 Å². The first-order chi connectivity index (χ1) is 14.4. The zero-order valence-corrected chi connectivity index (χ0v) is 16.4. The van der Waals surface area contributed by atoms with Gasteiger partial charge in [-0.3, -0.25) is 0 Å². The molecule has 0 unspecified atom stereocenters. The number of hydrogen-bond acceptors (Lipinski definition) is 4. The lowest BCUT2D eigenvalue weighted by Gasteiger charge is -2.21. The lowest BCUT2D eigenvalue weighted by Crippen LogP contribution is -2.26. The lowest BCUT2D eigenvalue weighted by molar-refractivity contribution is 0.455. The van der Waals surface area contributed by atoms with Crippen LogP contribution < -0.4 is 10.6 Å². The minimum Gasteiger partial charge on any atom is -0.366 e. The van der Waals surface area contributed by atoms with Crippen molar-refractivity contribution in [1.29, 1.82) is 0 Å². The van der Waals surface area contributed by atoms with Gasteiger partial charge >= 0.3 is 0 Å². The van der Waals surface area contributed by atoms with E-state index in [1.54, 1.807) is 0 Å². The van der Waals surface area contributed by atoms with Crippen LogP contribution in [-0.2, 0) is 6.54 Å². The van der Waals surface area contributed by atoms with Crippen LogP contribution in [-0.4, -0.2) is 28.0 Å². The molecular weight excluding hydrogens is 358 g/mol. The molecule has 4 heterocycles. The predicted molar refractivity (Wildman–Crippen MR) is 118 cm³/mol. The largest absolute Gasteiger partial charge is 0.366 e. The molecule has 0 amide bonds. The highest BCUT2D eigenvalue weighted by Crippen LogP contribution is 2.32. The van der Waals surface area contributed by atoms with Gasteiger partial charge < -0.3 is 15.6 Å². The van der Waals surface area contributed by atoms with Crippen molar-refractivity contribution in [2.75, 3.05) is 18.4 Å². The third-order valence-corrected chi connectivity index (χ3v) is 5.72. The summed E-state index contributed by atoms with van der Waals surface area (Å²) in [5, 5.41) is 8.00. The smallest absolute Gasteiger partial charge is 0.138 e. The molecule has 0 saturated carbocycles. The fourth-order valence-corrected chi connectivity index (χ4v) is 4.10. The maximum absolute atomic E-state index is 4.62. The SMILES string of the molecule is c1ccc(CNc2ccc(-c3ccnc4[nH]c(C5CCNCC5)cc34)cn2)cc1. The molecule has 1 aliphatic heterocycles. The Balaban J connectivity index is 1.37. The highest BCUT2D eigenvalue weighted by molar-refractivity contribution is 5.93. The third kappa shape index (κ3) is 3.87. The van der Waals surface area contributed by atoms with Crippen molar-refractivity contribution in [1.82, 2.24) is 20.3 Å². The number of nitrogens with zero attached hydrogens (tertiary/aromatic N) is 2. The first-order valence-electron chi connectivity index (χ1n) is 10.3. The summed E-state index contributed by atoms with van der Waals surface area (Å²) in [6.07, 6.45) is 6.16. The number of rotatable bonds is 5. The van der Waals surface area contributed by atoms with Crippen LogP contribution in [0.15, 0.2) is 67.0 Å². The van der Waals surface area contributed by atoms with Gasteiger partial charge in [0.25, 0.3) is 0 Å². The molecule has 0 bridgehead atoms. The molecule has 0 radical (unpaired) electrons. The molecule has 3 aromatic heterocycles. The summed E-state index contributed by atoms with van der Waals surface area (Å²) in [7, 11) is 0. The molecule has 1 aliphatic rings. The number of hydrogen-bond donors (Lipinski definition) is 3. The molecule has 5 nitrogen and oxygen atoms in total. The number of anilines is 1. The monoisotopic (exact) mass is 383 g/mol. The minimum absolute atomic E-state index is 0.584. The van der Waals surface area contributed by atoms with Crippen molar-refractivity contribution in [3.8, 4) is 11.1 Å². The van der Waals surface area contributed by atoms with Crippen molar-refractivity contribution in [2.45, 2.75) is 25.3 Å². The number of aromatic amines is 1. The highest BCUT2D eigenvalue weighted by atomic mass is 15.0. The van der Waals surface area contributed by atoms with Gasteiger partial charge in [-0.15, -0.1) is 0 Å². The maximum atomic E-state index is 4.62. The van der Waals surface area contributed by atoms with E-state index in [1.165, 1.54) is 35.0 Å². The Bertz CT molecular complexity index is 1080. The molecule has 1 saturated heterocycles. The van der Waals surface area contributed by atoms with Crippen LogP contribution in [0.2, 0.25) is 0 Å². The van der Waals surface area contributed by atoms with Crippen molar-refractivity contribution in [2.24, 2.45) is 0 Å². The second-order valence-electron chi connectivity index (χ2n) is 7.64. The third-order valence-electron chi connectivity index (χ3n) is 5.72. The molecule has 146 valence electrons. The van der Waals surface area contributed by atoms with E-state index < -0.39 is 0 Å². The van der Waals surface area contributed by atoms with Gasteiger partial charge in [-0.1, -0.05) is 30.3 Å². The average molecular weight is 383 g/mol. The van der Waals surface area contributed by atoms with E-state index in [1.807, 2.05) is 24.5 Å². The Morgan fingerprint density at radius 3 is 2.62 bits per heavy atom. The van der Waals surface area contributed by atoms with Crippen molar-refractivity contribution in [3.05, 3.63) is 78.2 Å². The number of nitrogens with one attached hydrogen (secondary N) is 3. The van der Waals surface area contributed by atoms with E-state index in [0.717, 1.165) is 36.7 Å². The van der Waals surface area contributed by atoms with Crippen LogP contribution in [0.25, 0.3) is 22.2 Å². The van der Waals surface area contributed by atoms with Crippen molar-refractivity contribution in [3.63, 3.8) is 0 Å². The molecule has 1 aromatic carbocycles. The molecule has 0 aliphatic carbocycles. The molecule has 4 aromatic rings. The first-order valence-corrected chi connectivity index (χ1v) is 10.3. The number of benzene rings is 1. The number of aromatic nitrogens is 3. The van der Waals surface area contributed by atoms with Gasteiger partial charge in [0.15, 0.2) is 0 Å². The van der Waals surface area contributed by atoms with Gasteiger partial charge in [0.05, 0.1) is 0 Å². The van der Waals surface area contributed by atoms with Gasteiger partial charge in [-0.25, -0.2) is 9.97 Å². The summed E-state index contributed by atoms with van der Waals surface area (Å²) in [4.78, 5) is 12.7. The van der Waals surface area contributed by atoms with Gasteiger partial charge in [-0.05, 0) is 61.3 Å². The van der Waals surface area contributed by atoms with Crippen LogP contribution in [0, 0.1) is 0 Å². The van der Waals surface area contributed by atoms with E-state index in [9.17, 15) is 0 Å². The summed E-state index contributed by atoms with van der Waals surface area (Å²) in [5.41, 5.74) is 5.79. The molecule has 0 atom stereocenters. The Kier molecular flexibility index (Phi) is 4.97. The number of piperidine rings is 1. The topological polar surface area (TPSA) is 65.6 Å². The molecule has 1 fully saturated rings. The normalized spacial score (nSPS) is 14.9.